The van der Waals surface area contributed by atoms with Crippen LogP contribution in [-0.2, 0) is 13.0 Å². The van der Waals surface area contributed by atoms with Crippen LogP contribution in [0.25, 0.3) is 0 Å². The zero-order chi connectivity index (χ0) is 13.7. The Morgan fingerprint density at radius 1 is 1.42 bits per heavy atom. The fraction of sp³-hybridized carbons (Fsp3) is 0.385. The Bertz CT molecular complexity index is 525. The van der Waals surface area contributed by atoms with Gasteiger partial charge >= 0.3 is 0 Å². The number of nitrogens with two attached hydrogens (primary N) is 1. The molecule has 0 amide bonds. The van der Waals surface area contributed by atoms with Gasteiger partial charge in [-0.05, 0) is 34.5 Å². The smallest absolute Gasteiger partial charge is 0.110 e. The van der Waals surface area contributed by atoms with E-state index in [0.717, 1.165) is 29.0 Å². The molecule has 0 aliphatic heterocycles. The van der Waals surface area contributed by atoms with Crippen LogP contribution in [0.5, 0.6) is 0 Å². The van der Waals surface area contributed by atoms with Gasteiger partial charge in [-0.25, -0.2) is 4.98 Å². The standard InChI is InChI=1S/C13H18BrN5/c1-2-7-19-8-6-16-12(19)9-11(18-15)13-10(14)4-3-5-17-13/h3-6,8,11,18H,2,7,9,15H2,1H3. The summed E-state index contributed by atoms with van der Waals surface area (Å²) < 4.78 is 3.10. The van der Waals surface area contributed by atoms with E-state index in [9.17, 15) is 0 Å². The second-order valence-corrected chi connectivity index (χ2v) is 5.19. The van der Waals surface area contributed by atoms with Crippen LogP contribution in [-0.4, -0.2) is 14.5 Å². The Kier molecular flexibility index (Phi) is 5.07. The van der Waals surface area contributed by atoms with Gasteiger partial charge in [-0.3, -0.25) is 16.3 Å². The second-order valence-electron chi connectivity index (χ2n) is 4.33. The number of aryl methyl sites for hydroxylation is 1. The molecule has 0 aliphatic carbocycles. The second kappa shape index (κ2) is 6.79. The predicted molar refractivity (Wildman–Crippen MR) is 78.2 cm³/mol. The van der Waals surface area contributed by atoms with Crippen molar-refractivity contribution < 1.29 is 0 Å². The van der Waals surface area contributed by atoms with E-state index in [1.54, 1.807) is 6.20 Å². The molecule has 0 aromatic carbocycles. The van der Waals surface area contributed by atoms with Gasteiger partial charge in [0.05, 0.1) is 11.7 Å². The van der Waals surface area contributed by atoms with E-state index < -0.39 is 0 Å². The molecule has 0 radical (unpaired) electrons. The summed E-state index contributed by atoms with van der Waals surface area (Å²) in [5, 5.41) is 0. The maximum absolute atomic E-state index is 5.67. The summed E-state index contributed by atoms with van der Waals surface area (Å²) in [5.41, 5.74) is 3.72. The zero-order valence-electron chi connectivity index (χ0n) is 10.9. The monoisotopic (exact) mass is 323 g/mol. The van der Waals surface area contributed by atoms with E-state index in [1.165, 1.54) is 0 Å². The van der Waals surface area contributed by atoms with Crippen molar-refractivity contribution >= 4 is 15.9 Å². The van der Waals surface area contributed by atoms with E-state index >= 15 is 0 Å². The molecule has 2 aromatic heterocycles. The molecule has 1 unspecified atom stereocenters. The molecule has 2 aromatic rings. The average Bonchev–Trinajstić information content (AvgIpc) is 2.85. The van der Waals surface area contributed by atoms with E-state index in [0.29, 0.717) is 6.42 Å². The predicted octanol–water partition coefficient (Wildman–Crippen LogP) is 2.20. The Morgan fingerprint density at radius 2 is 2.26 bits per heavy atom. The van der Waals surface area contributed by atoms with Crippen LogP contribution in [0.3, 0.4) is 0 Å². The molecule has 2 rings (SSSR count). The Balaban J connectivity index is 2.19. The van der Waals surface area contributed by atoms with Crippen LogP contribution in [0.1, 0.15) is 30.9 Å². The highest BCUT2D eigenvalue weighted by Crippen LogP contribution is 2.23. The van der Waals surface area contributed by atoms with E-state index in [-0.39, 0.29) is 6.04 Å². The molecule has 5 nitrogen and oxygen atoms in total. The number of nitrogens with one attached hydrogen (secondary N) is 1. The molecular formula is C13H18BrN5. The number of pyridine rings is 1. The lowest BCUT2D eigenvalue weighted by molar-refractivity contribution is 0.505. The van der Waals surface area contributed by atoms with Crippen LogP contribution >= 0.6 is 15.9 Å². The van der Waals surface area contributed by atoms with Crippen LogP contribution in [0.15, 0.2) is 35.2 Å². The van der Waals surface area contributed by atoms with Gasteiger partial charge in [0.15, 0.2) is 0 Å². The van der Waals surface area contributed by atoms with Gasteiger partial charge in [0.1, 0.15) is 5.82 Å². The number of nitrogens with zero attached hydrogens (tertiary/aromatic N) is 3. The van der Waals surface area contributed by atoms with Crippen molar-refractivity contribution in [3.8, 4) is 0 Å². The van der Waals surface area contributed by atoms with Crippen LogP contribution in [0.2, 0.25) is 0 Å². The number of hydrogen-bond acceptors (Lipinski definition) is 4. The van der Waals surface area contributed by atoms with Gasteiger partial charge < -0.3 is 4.57 Å². The number of hydrogen-bond donors (Lipinski definition) is 2. The molecule has 0 spiro atoms. The van der Waals surface area contributed by atoms with Crippen molar-refractivity contribution in [1.82, 2.24) is 20.0 Å². The minimum absolute atomic E-state index is 0.0615. The molecule has 6 heteroatoms. The molecule has 0 bridgehead atoms. The molecule has 0 saturated heterocycles. The summed E-state index contributed by atoms with van der Waals surface area (Å²) in [4.78, 5) is 8.78. The Labute approximate surface area is 121 Å². The SMILES string of the molecule is CCCn1ccnc1CC(NN)c1ncccc1Br. The topological polar surface area (TPSA) is 68.8 Å². The van der Waals surface area contributed by atoms with Crippen molar-refractivity contribution in [2.75, 3.05) is 0 Å². The fourth-order valence-electron chi connectivity index (χ4n) is 2.05. The van der Waals surface area contributed by atoms with E-state index in [1.807, 2.05) is 24.5 Å². The van der Waals surface area contributed by atoms with Gasteiger partial charge in [-0.2, -0.15) is 0 Å². The average molecular weight is 324 g/mol. The Hall–Kier alpha value is -1.24. The number of imidazole rings is 1. The van der Waals surface area contributed by atoms with E-state index in [4.69, 9.17) is 5.84 Å². The Morgan fingerprint density at radius 3 is 2.95 bits per heavy atom. The van der Waals surface area contributed by atoms with Gasteiger partial charge in [-0.15, -0.1) is 0 Å². The largest absolute Gasteiger partial charge is 0.335 e. The summed E-state index contributed by atoms with van der Waals surface area (Å²) in [5.74, 6) is 6.68. The highest BCUT2D eigenvalue weighted by atomic mass is 79.9. The van der Waals surface area contributed by atoms with Crippen molar-refractivity contribution in [1.29, 1.82) is 0 Å². The summed E-state index contributed by atoms with van der Waals surface area (Å²) in [6, 6.07) is 3.79. The highest BCUT2D eigenvalue weighted by Gasteiger charge is 2.17. The maximum atomic E-state index is 5.67. The van der Waals surface area contributed by atoms with Crippen molar-refractivity contribution in [3.05, 3.63) is 46.7 Å². The summed E-state index contributed by atoms with van der Waals surface area (Å²) in [7, 11) is 0. The third-order valence-corrected chi connectivity index (χ3v) is 3.64. The third kappa shape index (κ3) is 3.40. The first-order valence-corrected chi connectivity index (χ1v) is 7.12. The summed E-state index contributed by atoms with van der Waals surface area (Å²) in [6.45, 7) is 3.12. The van der Waals surface area contributed by atoms with Gasteiger partial charge in [0.25, 0.3) is 0 Å². The van der Waals surface area contributed by atoms with Gasteiger partial charge in [0, 0.05) is 36.0 Å². The summed E-state index contributed by atoms with van der Waals surface area (Å²) in [6.07, 6.45) is 7.38. The quantitative estimate of drug-likeness (QED) is 0.631. The summed E-state index contributed by atoms with van der Waals surface area (Å²) >= 11 is 3.51. The van der Waals surface area contributed by atoms with Crippen molar-refractivity contribution in [3.63, 3.8) is 0 Å². The molecule has 3 N–H and O–H groups in total. The number of rotatable bonds is 6. The molecule has 0 fully saturated rings. The van der Waals surface area contributed by atoms with Crippen molar-refractivity contribution in [2.45, 2.75) is 32.4 Å². The molecule has 0 aliphatic rings. The van der Waals surface area contributed by atoms with Gasteiger partial charge in [-0.1, -0.05) is 6.92 Å². The minimum atomic E-state index is -0.0615. The van der Waals surface area contributed by atoms with Crippen molar-refractivity contribution in [2.24, 2.45) is 5.84 Å². The number of aromatic nitrogens is 3. The first kappa shape index (κ1) is 14.2. The molecule has 0 saturated carbocycles. The first-order chi connectivity index (χ1) is 9.26. The van der Waals surface area contributed by atoms with Crippen LogP contribution < -0.4 is 11.3 Å². The molecular weight excluding hydrogens is 306 g/mol. The van der Waals surface area contributed by atoms with Crippen LogP contribution in [0, 0.1) is 0 Å². The van der Waals surface area contributed by atoms with Gasteiger partial charge in [0.2, 0.25) is 0 Å². The molecule has 19 heavy (non-hydrogen) atoms. The molecule has 102 valence electrons. The zero-order valence-corrected chi connectivity index (χ0v) is 12.5. The van der Waals surface area contributed by atoms with E-state index in [2.05, 4.69) is 42.8 Å². The highest BCUT2D eigenvalue weighted by molar-refractivity contribution is 9.10. The lowest BCUT2D eigenvalue weighted by atomic mass is 10.1. The molecule has 2 heterocycles. The minimum Gasteiger partial charge on any atom is -0.335 e. The molecule has 1 atom stereocenters. The number of halogens is 1. The number of hydrazine groups is 1. The van der Waals surface area contributed by atoms with Crippen LogP contribution in [0.4, 0.5) is 0 Å². The lowest BCUT2D eigenvalue weighted by Gasteiger charge is -2.17. The lowest BCUT2D eigenvalue weighted by Crippen LogP contribution is -2.31. The maximum Gasteiger partial charge on any atom is 0.110 e. The first-order valence-electron chi connectivity index (χ1n) is 6.32. The third-order valence-electron chi connectivity index (χ3n) is 2.97. The normalized spacial score (nSPS) is 12.6. The fourth-order valence-corrected chi connectivity index (χ4v) is 2.58.